The maximum absolute atomic E-state index is 6.17. The predicted molar refractivity (Wildman–Crippen MR) is 140 cm³/mol. The molecular weight excluding hydrogens is 428 g/mol. The molecule has 4 aromatic rings. The Morgan fingerprint density at radius 3 is 2.58 bits per heavy atom. The SMILES string of the molecule is CCCN1CCc2c([nH]c3ccc(CC)cc23)C1c1cccc(OCc2ccccc2)c1.Cl. The fourth-order valence-corrected chi connectivity index (χ4v) is 5.03. The van der Waals surface area contributed by atoms with Crippen molar-refractivity contribution in [1.29, 1.82) is 0 Å². The van der Waals surface area contributed by atoms with Crippen molar-refractivity contribution in [3.8, 4) is 5.75 Å². The van der Waals surface area contributed by atoms with Gasteiger partial charge in [0.05, 0.1) is 6.04 Å². The van der Waals surface area contributed by atoms with E-state index in [0.717, 1.165) is 38.1 Å². The molecule has 3 nitrogen and oxygen atoms in total. The highest BCUT2D eigenvalue weighted by Crippen LogP contribution is 2.39. The zero-order chi connectivity index (χ0) is 21.9. The first-order chi connectivity index (χ1) is 15.8. The average molecular weight is 461 g/mol. The van der Waals surface area contributed by atoms with Crippen molar-refractivity contribution in [2.45, 2.75) is 45.8 Å². The van der Waals surface area contributed by atoms with E-state index in [1.54, 1.807) is 0 Å². The molecule has 0 radical (unpaired) electrons. The van der Waals surface area contributed by atoms with Crippen LogP contribution in [0.4, 0.5) is 0 Å². The van der Waals surface area contributed by atoms with Crippen LogP contribution in [0.1, 0.15) is 54.3 Å². The first kappa shape index (κ1) is 23.4. The number of benzene rings is 3. The third-order valence-electron chi connectivity index (χ3n) is 6.63. The second-order valence-electron chi connectivity index (χ2n) is 8.79. The lowest BCUT2D eigenvalue weighted by Crippen LogP contribution is -2.36. The number of aromatic nitrogens is 1. The smallest absolute Gasteiger partial charge is 0.120 e. The number of H-pyrrole nitrogens is 1. The van der Waals surface area contributed by atoms with E-state index in [9.17, 15) is 0 Å². The summed E-state index contributed by atoms with van der Waals surface area (Å²) in [5, 5.41) is 1.40. The molecule has 172 valence electrons. The van der Waals surface area contributed by atoms with Crippen LogP contribution in [0.3, 0.4) is 0 Å². The number of fused-ring (bicyclic) bond motifs is 3. The number of nitrogens with zero attached hydrogens (tertiary/aromatic N) is 1. The van der Waals surface area contributed by atoms with E-state index in [2.05, 4.69) is 90.5 Å². The summed E-state index contributed by atoms with van der Waals surface area (Å²) in [6, 6.07) is 26.2. The number of nitrogens with one attached hydrogen (secondary N) is 1. The maximum atomic E-state index is 6.17. The van der Waals surface area contributed by atoms with E-state index in [1.807, 2.05) is 6.07 Å². The zero-order valence-corrected chi connectivity index (χ0v) is 20.3. The summed E-state index contributed by atoms with van der Waals surface area (Å²) < 4.78 is 6.17. The van der Waals surface area contributed by atoms with E-state index >= 15 is 0 Å². The van der Waals surface area contributed by atoms with Crippen molar-refractivity contribution in [3.05, 3.63) is 101 Å². The lowest BCUT2D eigenvalue weighted by atomic mass is 9.91. The quantitative estimate of drug-likeness (QED) is 0.319. The van der Waals surface area contributed by atoms with Crippen LogP contribution >= 0.6 is 12.4 Å². The molecule has 1 aliphatic heterocycles. The van der Waals surface area contributed by atoms with Gasteiger partial charge in [-0.2, -0.15) is 0 Å². The minimum absolute atomic E-state index is 0. The van der Waals surface area contributed by atoms with Crippen LogP contribution in [0.2, 0.25) is 0 Å². The van der Waals surface area contributed by atoms with Gasteiger partial charge in [0.1, 0.15) is 12.4 Å². The van der Waals surface area contributed by atoms with Crippen LogP contribution in [-0.4, -0.2) is 23.0 Å². The van der Waals surface area contributed by atoms with Crippen molar-refractivity contribution in [3.63, 3.8) is 0 Å². The molecule has 0 saturated carbocycles. The monoisotopic (exact) mass is 460 g/mol. The van der Waals surface area contributed by atoms with Crippen LogP contribution in [0.5, 0.6) is 5.75 Å². The summed E-state index contributed by atoms with van der Waals surface area (Å²) >= 11 is 0. The van der Waals surface area contributed by atoms with Crippen molar-refractivity contribution >= 4 is 23.3 Å². The zero-order valence-electron chi connectivity index (χ0n) is 19.5. The molecule has 0 spiro atoms. The van der Waals surface area contributed by atoms with Crippen LogP contribution < -0.4 is 4.74 Å². The van der Waals surface area contributed by atoms with Crippen LogP contribution in [0.15, 0.2) is 72.8 Å². The lowest BCUT2D eigenvalue weighted by molar-refractivity contribution is 0.210. The Morgan fingerprint density at radius 2 is 1.79 bits per heavy atom. The number of aryl methyl sites for hydroxylation is 1. The minimum atomic E-state index is 0. The largest absolute Gasteiger partial charge is 0.489 e. The third kappa shape index (κ3) is 4.80. The standard InChI is InChI=1S/C29H32N2O.ClH/c1-3-16-31-17-15-25-26-18-21(4-2)13-14-27(26)30-28(25)29(31)23-11-8-12-24(19-23)32-20-22-9-6-5-7-10-22;/h5-14,18-19,29-30H,3-4,15-17,20H2,1-2H3;1H. The van der Waals surface area contributed by atoms with Crippen LogP contribution in [0, 0.1) is 0 Å². The fourth-order valence-electron chi connectivity index (χ4n) is 5.03. The van der Waals surface area contributed by atoms with E-state index in [4.69, 9.17) is 4.74 Å². The molecular formula is C29H33ClN2O. The highest BCUT2D eigenvalue weighted by molar-refractivity contribution is 5.86. The van der Waals surface area contributed by atoms with Gasteiger partial charge in [-0.25, -0.2) is 0 Å². The Labute approximate surface area is 203 Å². The number of rotatable bonds is 7. The number of aromatic amines is 1. The summed E-state index contributed by atoms with van der Waals surface area (Å²) in [6.07, 6.45) is 3.32. The van der Waals surface area contributed by atoms with Crippen molar-refractivity contribution in [2.24, 2.45) is 0 Å². The molecule has 1 aliphatic rings. The summed E-state index contributed by atoms with van der Waals surface area (Å²) in [4.78, 5) is 6.42. The molecule has 0 aliphatic carbocycles. The first-order valence-electron chi connectivity index (χ1n) is 11.9. The average Bonchev–Trinajstić information content (AvgIpc) is 3.21. The van der Waals surface area contributed by atoms with Gasteiger partial charge in [-0.1, -0.05) is 62.4 Å². The van der Waals surface area contributed by atoms with Gasteiger partial charge >= 0.3 is 0 Å². The third-order valence-corrected chi connectivity index (χ3v) is 6.63. The molecule has 1 N–H and O–H groups in total. The van der Waals surface area contributed by atoms with E-state index < -0.39 is 0 Å². The van der Waals surface area contributed by atoms with Gasteiger partial charge in [-0.3, -0.25) is 4.90 Å². The Hall–Kier alpha value is -2.75. The molecule has 1 unspecified atom stereocenters. The maximum Gasteiger partial charge on any atom is 0.120 e. The summed E-state index contributed by atoms with van der Waals surface area (Å²) in [6.45, 7) is 7.27. The number of ether oxygens (including phenoxy) is 1. The highest BCUT2D eigenvalue weighted by Gasteiger charge is 2.31. The second kappa shape index (κ2) is 10.5. The molecule has 3 aromatic carbocycles. The Balaban J connectivity index is 0.00000259. The topological polar surface area (TPSA) is 28.3 Å². The summed E-state index contributed by atoms with van der Waals surface area (Å²) in [5.74, 6) is 0.930. The van der Waals surface area contributed by atoms with Crippen molar-refractivity contribution < 1.29 is 4.74 Å². The summed E-state index contributed by atoms with van der Waals surface area (Å²) in [7, 11) is 0. The second-order valence-corrected chi connectivity index (χ2v) is 8.79. The molecule has 5 rings (SSSR count). The molecule has 33 heavy (non-hydrogen) atoms. The van der Waals surface area contributed by atoms with Crippen LogP contribution in [-0.2, 0) is 19.4 Å². The van der Waals surface area contributed by atoms with Crippen molar-refractivity contribution in [2.75, 3.05) is 13.1 Å². The minimum Gasteiger partial charge on any atom is -0.489 e. The highest BCUT2D eigenvalue weighted by atomic mass is 35.5. The molecule has 0 fully saturated rings. The Bertz CT molecular complexity index is 1200. The number of hydrogen-bond donors (Lipinski definition) is 1. The number of hydrogen-bond acceptors (Lipinski definition) is 2. The molecule has 1 atom stereocenters. The first-order valence-corrected chi connectivity index (χ1v) is 11.9. The van der Waals surface area contributed by atoms with Gasteiger partial charge in [-0.05, 0) is 72.3 Å². The molecule has 2 heterocycles. The lowest BCUT2D eigenvalue weighted by Gasteiger charge is -2.36. The summed E-state index contributed by atoms with van der Waals surface area (Å²) in [5.41, 5.74) is 7.99. The number of halogens is 1. The van der Waals surface area contributed by atoms with E-state index in [0.29, 0.717) is 6.61 Å². The van der Waals surface area contributed by atoms with Gasteiger partial charge in [0.25, 0.3) is 0 Å². The van der Waals surface area contributed by atoms with Gasteiger partial charge in [0.15, 0.2) is 0 Å². The van der Waals surface area contributed by atoms with Gasteiger partial charge in [0, 0.05) is 23.1 Å². The normalized spacial score (nSPS) is 15.8. The van der Waals surface area contributed by atoms with Gasteiger partial charge < -0.3 is 9.72 Å². The van der Waals surface area contributed by atoms with Crippen molar-refractivity contribution in [1.82, 2.24) is 9.88 Å². The molecule has 0 amide bonds. The van der Waals surface area contributed by atoms with Crippen LogP contribution in [0.25, 0.3) is 10.9 Å². The van der Waals surface area contributed by atoms with Gasteiger partial charge in [0.2, 0.25) is 0 Å². The molecule has 1 aromatic heterocycles. The molecule has 4 heteroatoms. The molecule has 0 saturated heterocycles. The Morgan fingerprint density at radius 1 is 0.939 bits per heavy atom. The molecule has 0 bridgehead atoms. The predicted octanol–water partition coefficient (Wildman–Crippen LogP) is 7.09. The van der Waals surface area contributed by atoms with Gasteiger partial charge in [-0.15, -0.1) is 12.4 Å². The van der Waals surface area contributed by atoms with E-state index in [1.165, 1.54) is 38.9 Å². The Kier molecular flexibility index (Phi) is 7.42. The van der Waals surface area contributed by atoms with E-state index in [-0.39, 0.29) is 18.4 Å². The fraction of sp³-hybridized carbons (Fsp3) is 0.310.